The number of hydrogen-bond acceptors (Lipinski definition) is 3. The molecule has 3 rings (SSSR count). The van der Waals surface area contributed by atoms with Crippen LogP contribution in [0.5, 0.6) is 0 Å². The van der Waals surface area contributed by atoms with Crippen LogP contribution < -0.4 is 10.2 Å². The molecule has 94 valence electrons. The third-order valence-corrected chi connectivity index (χ3v) is 4.14. The van der Waals surface area contributed by atoms with Crippen molar-refractivity contribution in [1.82, 2.24) is 5.32 Å². The van der Waals surface area contributed by atoms with Crippen LogP contribution in [-0.4, -0.2) is 25.2 Å². The Balaban J connectivity index is 1.90. The Morgan fingerprint density at radius 1 is 1.28 bits per heavy atom. The molecule has 0 amide bonds. The summed E-state index contributed by atoms with van der Waals surface area (Å²) < 4.78 is 0. The first-order chi connectivity index (χ1) is 8.76. The van der Waals surface area contributed by atoms with Gasteiger partial charge in [0, 0.05) is 25.2 Å². The summed E-state index contributed by atoms with van der Waals surface area (Å²) in [5.74, 6) is 0. The second kappa shape index (κ2) is 4.62. The van der Waals surface area contributed by atoms with E-state index < -0.39 is 0 Å². The molecule has 0 saturated carbocycles. The Bertz CT molecular complexity index is 489. The lowest BCUT2D eigenvalue weighted by Gasteiger charge is -2.27. The van der Waals surface area contributed by atoms with E-state index >= 15 is 0 Å². The van der Waals surface area contributed by atoms with Gasteiger partial charge in [-0.15, -0.1) is 0 Å². The zero-order valence-electron chi connectivity index (χ0n) is 10.8. The van der Waals surface area contributed by atoms with Gasteiger partial charge in [0.1, 0.15) is 6.07 Å². The van der Waals surface area contributed by atoms with Crippen molar-refractivity contribution in [2.75, 3.05) is 18.0 Å². The summed E-state index contributed by atoms with van der Waals surface area (Å²) in [7, 11) is 0. The highest BCUT2D eigenvalue weighted by atomic mass is 15.2. The minimum absolute atomic E-state index is 0.601. The number of fused-ring (bicyclic) bond motifs is 2. The van der Waals surface area contributed by atoms with E-state index in [9.17, 15) is 5.26 Å². The van der Waals surface area contributed by atoms with Crippen LogP contribution in [0.4, 0.5) is 5.69 Å². The van der Waals surface area contributed by atoms with Crippen molar-refractivity contribution < 1.29 is 0 Å². The van der Waals surface area contributed by atoms with E-state index in [0.717, 1.165) is 24.3 Å². The number of benzene rings is 1. The predicted octanol–water partition coefficient (Wildman–Crippen LogP) is 2.20. The average Bonchev–Trinajstić information content (AvgIpc) is 2.69. The molecular weight excluding hydrogens is 222 g/mol. The van der Waals surface area contributed by atoms with Gasteiger partial charge in [-0.25, -0.2) is 0 Å². The molecule has 0 aromatic heterocycles. The van der Waals surface area contributed by atoms with Crippen LogP contribution in [0.15, 0.2) is 18.2 Å². The van der Waals surface area contributed by atoms with Crippen LogP contribution in [0.1, 0.15) is 30.4 Å². The van der Waals surface area contributed by atoms with Crippen molar-refractivity contribution in [3.8, 4) is 6.07 Å². The standard InChI is InChI=1S/C15H19N3/c1-11-2-3-12(9-16)15(8-11)18-7-6-13-4-5-14(10-18)17-13/h2-3,8,13-14,17H,4-7,10H2,1H3. The monoisotopic (exact) mass is 241 g/mol. The summed E-state index contributed by atoms with van der Waals surface area (Å²) in [6.45, 7) is 4.19. The van der Waals surface area contributed by atoms with Gasteiger partial charge in [0.15, 0.2) is 0 Å². The SMILES string of the molecule is Cc1ccc(C#N)c(N2CCC3CCC(C2)N3)c1. The molecule has 2 atom stereocenters. The van der Waals surface area contributed by atoms with E-state index in [1.807, 2.05) is 12.1 Å². The maximum Gasteiger partial charge on any atom is 0.101 e. The van der Waals surface area contributed by atoms with E-state index in [1.54, 1.807) is 0 Å². The molecular formula is C15H19N3. The van der Waals surface area contributed by atoms with Crippen molar-refractivity contribution in [2.45, 2.75) is 38.3 Å². The van der Waals surface area contributed by atoms with Gasteiger partial charge in [-0.3, -0.25) is 0 Å². The summed E-state index contributed by atoms with van der Waals surface area (Å²) in [4.78, 5) is 2.39. The summed E-state index contributed by atoms with van der Waals surface area (Å²) in [5, 5.41) is 12.9. The van der Waals surface area contributed by atoms with Gasteiger partial charge < -0.3 is 10.2 Å². The molecule has 1 N–H and O–H groups in total. The highest BCUT2D eigenvalue weighted by Crippen LogP contribution is 2.27. The zero-order valence-corrected chi connectivity index (χ0v) is 10.8. The molecule has 18 heavy (non-hydrogen) atoms. The van der Waals surface area contributed by atoms with Gasteiger partial charge in [-0.05, 0) is 43.9 Å². The Hall–Kier alpha value is -1.53. The molecule has 0 spiro atoms. The molecule has 3 heteroatoms. The van der Waals surface area contributed by atoms with Gasteiger partial charge in [-0.1, -0.05) is 6.07 Å². The van der Waals surface area contributed by atoms with Crippen LogP contribution in [0, 0.1) is 18.3 Å². The molecule has 2 unspecified atom stereocenters. The van der Waals surface area contributed by atoms with E-state index in [4.69, 9.17) is 0 Å². The fourth-order valence-electron chi connectivity index (χ4n) is 3.16. The molecule has 0 aliphatic carbocycles. The lowest BCUT2D eigenvalue weighted by Crippen LogP contribution is -2.35. The fourth-order valence-corrected chi connectivity index (χ4v) is 3.16. The number of anilines is 1. The minimum Gasteiger partial charge on any atom is -0.369 e. The molecule has 2 aliphatic rings. The first-order valence-electron chi connectivity index (χ1n) is 6.78. The molecule has 2 heterocycles. The van der Waals surface area contributed by atoms with Crippen molar-refractivity contribution >= 4 is 5.69 Å². The molecule has 1 aromatic carbocycles. The number of aryl methyl sites for hydroxylation is 1. The van der Waals surface area contributed by atoms with E-state index in [2.05, 4.69) is 29.3 Å². The topological polar surface area (TPSA) is 39.1 Å². The van der Waals surface area contributed by atoms with Crippen LogP contribution in [-0.2, 0) is 0 Å². The Morgan fingerprint density at radius 3 is 2.94 bits per heavy atom. The lowest BCUT2D eigenvalue weighted by atomic mass is 10.1. The summed E-state index contributed by atoms with van der Waals surface area (Å²) in [6.07, 6.45) is 3.78. The first kappa shape index (κ1) is 11.6. The molecule has 0 radical (unpaired) electrons. The number of hydrogen-bond donors (Lipinski definition) is 1. The third-order valence-electron chi connectivity index (χ3n) is 4.14. The van der Waals surface area contributed by atoms with Crippen molar-refractivity contribution in [2.24, 2.45) is 0 Å². The fraction of sp³-hybridized carbons (Fsp3) is 0.533. The second-order valence-electron chi connectivity index (χ2n) is 5.50. The maximum atomic E-state index is 9.25. The smallest absolute Gasteiger partial charge is 0.101 e. The van der Waals surface area contributed by atoms with Crippen LogP contribution >= 0.6 is 0 Å². The van der Waals surface area contributed by atoms with Crippen LogP contribution in [0.2, 0.25) is 0 Å². The van der Waals surface area contributed by atoms with Crippen molar-refractivity contribution in [1.29, 1.82) is 5.26 Å². The number of nitrogens with one attached hydrogen (secondary N) is 1. The normalized spacial score (nSPS) is 26.8. The first-order valence-corrected chi connectivity index (χ1v) is 6.78. The second-order valence-corrected chi connectivity index (χ2v) is 5.50. The number of rotatable bonds is 1. The molecule has 2 aliphatic heterocycles. The Kier molecular flexibility index (Phi) is 2.97. The van der Waals surface area contributed by atoms with Gasteiger partial charge >= 0.3 is 0 Å². The maximum absolute atomic E-state index is 9.25. The number of nitrogens with zero attached hydrogens (tertiary/aromatic N) is 2. The molecule has 2 bridgehead atoms. The third kappa shape index (κ3) is 2.09. The highest BCUT2D eigenvalue weighted by Gasteiger charge is 2.29. The summed E-state index contributed by atoms with van der Waals surface area (Å²) in [6, 6.07) is 9.73. The van der Waals surface area contributed by atoms with Gasteiger partial charge in [0.25, 0.3) is 0 Å². The van der Waals surface area contributed by atoms with E-state index in [-0.39, 0.29) is 0 Å². The Labute approximate surface area is 108 Å². The number of nitriles is 1. The van der Waals surface area contributed by atoms with E-state index in [0.29, 0.717) is 12.1 Å². The Morgan fingerprint density at radius 2 is 2.11 bits per heavy atom. The predicted molar refractivity (Wildman–Crippen MR) is 72.7 cm³/mol. The van der Waals surface area contributed by atoms with Gasteiger partial charge in [-0.2, -0.15) is 5.26 Å². The van der Waals surface area contributed by atoms with Crippen LogP contribution in [0.3, 0.4) is 0 Å². The van der Waals surface area contributed by atoms with Crippen molar-refractivity contribution in [3.63, 3.8) is 0 Å². The van der Waals surface area contributed by atoms with Gasteiger partial charge in [0.2, 0.25) is 0 Å². The average molecular weight is 241 g/mol. The van der Waals surface area contributed by atoms with Crippen LogP contribution in [0.25, 0.3) is 0 Å². The van der Waals surface area contributed by atoms with Gasteiger partial charge in [0.05, 0.1) is 11.3 Å². The molecule has 2 saturated heterocycles. The highest BCUT2D eigenvalue weighted by molar-refractivity contribution is 5.61. The van der Waals surface area contributed by atoms with E-state index in [1.165, 1.54) is 24.8 Å². The largest absolute Gasteiger partial charge is 0.369 e. The van der Waals surface area contributed by atoms with Crippen molar-refractivity contribution in [3.05, 3.63) is 29.3 Å². The minimum atomic E-state index is 0.601. The summed E-state index contributed by atoms with van der Waals surface area (Å²) >= 11 is 0. The zero-order chi connectivity index (χ0) is 12.5. The molecule has 2 fully saturated rings. The lowest BCUT2D eigenvalue weighted by molar-refractivity contribution is 0.563. The molecule has 3 nitrogen and oxygen atoms in total. The molecule has 1 aromatic rings. The summed E-state index contributed by atoms with van der Waals surface area (Å²) in [5.41, 5.74) is 3.15. The quantitative estimate of drug-likeness (QED) is 0.819.